The first-order chi connectivity index (χ1) is 8.66. The van der Waals surface area contributed by atoms with E-state index < -0.39 is 0 Å². The van der Waals surface area contributed by atoms with Crippen LogP contribution in [0.5, 0.6) is 0 Å². The van der Waals surface area contributed by atoms with Gasteiger partial charge in [0, 0.05) is 5.38 Å². The Morgan fingerprint density at radius 3 is 1.94 bits per heavy atom. The van der Waals surface area contributed by atoms with Crippen LogP contribution in [0.4, 0.5) is 0 Å². The topological polar surface area (TPSA) is 0 Å². The zero-order chi connectivity index (χ0) is 12.7. The van der Waals surface area contributed by atoms with E-state index in [-0.39, 0.29) is 0 Å². The van der Waals surface area contributed by atoms with Gasteiger partial charge in [0.1, 0.15) is 0 Å². The van der Waals surface area contributed by atoms with Crippen molar-refractivity contribution in [2.75, 3.05) is 0 Å². The third kappa shape index (κ3) is 2.09. The van der Waals surface area contributed by atoms with E-state index in [0.29, 0.717) is 11.3 Å². The molecule has 1 aromatic rings. The van der Waals surface area contributed by atoms with Gasteiger partial charge in [-0.15, -0.1) is 11.6 Å². The Morgan fingerprint density at radius 1 is 1.00 bits per heavy atom. The van der Waals surface area contributed by atoms with Gasteiger partial charge in [0.05, 0.1) is 0 Å². The van der Waals surface area contributed by atoms with Crippen LogP contribution in [0.2, 0.25) is 0 Å². The van der Waals surface area contributed by atoms with E-state index in [4.69, 9.17) is 11.6 Å². The molecule has 18 heavy (non-hydrogen) atoms. The summed E-state index contributed by atoms with van der Waals surface area (Å²) in [5.74, 6) is 2.98. The predicted molar refractivity (Wildman–Crippen MR) is 78.0 cm³/mol. The van der Waals surface area contributed by atoms with Crippen molar-refractivity contribution in [1.29, 1.82) is 0 Å². The molecule has 0 saturated heterocycles. The van der Waals surface area contributed by atoms with Crippen LogP contribution in [0.1, 0.15) is 37.8 Å². The van der Waals surface area contributed by atoms with Crippen LogP contribution in [0.3, 0.4) is 0 Å². The minimum Gasteiger partial charge on any atom is -0.122 e. The first-order valence-electron chi connectivity index (χ1n) is 7.37. The van der Waals surface area contributed by atoms with Crippen LogP contribution >= 0.6 is 11.6 Å². The number of hydrogen-bond donors (Lipinski definition) is 0. The molecule has 1 saturated carbocycles. The second kappa shape index (κ2) is 4.89. The molecule has 0 N–H and O–H groups in total. The highest BCUT2D eigenvalue weighted by atomic mass is 35.5. The van der Waals surface area contributed by atoms with Gasteiger partial charge in [-0.25, -0.2) is 0 Å². The van der Waals surface area contributed by atoms with Crippen LogP contribution in [0.25, 0.3) is 0 Å². The summed E-state index contributed by atoms with van der Waals surface area (Å²) in [5, 5.41) is 0.358. The van der Waals surface area contributed by atoms with Crippen LogP contribution in [0.15, 0.2) is 24.3 Å². The molecule has 1 aromatic carbocycles. The zero-order valence-corrected chi connectivity index (χ0v) is 12.2. The molecule has 0 amide bonds. The van der Waals surface area contributed by atoms with Crippen molar-refractivity contribution >= 4 is 11.6 Å². The first kappa shape index (κ1) is 12.5. The Hall–Kier alpha value is -0.490. The number of benzene rings is 1. The SMILES string of the molecule is CC(C)C(Cl)C1C2CCC1Cc1ccccc1C2. The smallest absolute Gasteiger partial charge is 0.0392 e. The van der Waals surface area contributed by atoms with Gasteiger partial charge in [0.2, 0.25) is 0 Å². The first-order valence-corrected chi connectivity index (χ1v) is 7.81. The fourth-order valence-electron chi connectivity index (χ4n) is 4.16. The maximum absolute atomic E-state index is 6.74. The zero-order valence-electron chi connectivity index (χ0n) is 11.4. The Morgan fingerprint density at radius 2 is 1.50 bits per heavy atom. The molecule has 0 spiro atoms. The van der Waals surface area contributed by atoms with Gasteiger partial charge in [-0.1, -0.05) is 38.1 Å². The largest absolute Gasteiger partial charge is 0.122 e. The predicted octanol–water partition coefficient (Wildman–Crippen LogP) is 4.69. The lowest BCUT2D eigenvalue weighted by Gasteiger charge is -2.29. The summed E-state index contributed by atoms with van der Waals surface area (Å²) >= 11 is 6.74. The highest BCUT2D eigenvalue weighted by Gasteiger charge is 2.43. The number of hydrogen-bond acceptors (Lipinski definition) is 0. The highest BCUT2D eigenvalue weighted by molar-refractivity contribution is 6.21. The Bertz CT molecular complexity index is 390. The average Bonchev–Trinajstić information content (AvgIpc) is 2.64. The minimum absolute atomic E-state index is 0.358. The monoisotopic (exact) mass is 262 g/mol. The Kier molecular flexibility index (Phi) is 3.40. The molecule has 0 aliphatic heterocycles. The molecular formula is C17H23Cl. The molecule has 1 heteroatoms. The van der Waals surface area contributed by atoms with Crippen molar-refractivity contribution in [2.24, 2.45) is 23.7 Å². The number of rotatable bonds is 2. The normalized spacial score (nSPS) is 32.1. The third-order valence-electron chi connectivity index (χ3n) is 5.08. The molecule has 1 fully saturated rings. The number of halogens is 1. The quantitative estimate of drug-likeness (QED) is 0.679. The molecule has 3 atom stereocenters. The molecule has 2 aliphatic rings. The third-order valence-corrected chi connectivity index (χ3v) is 5.88. The van der Waals surface area contributed by atoms with Gasteiger partial charge in [-0.3, -0.25) is 0 Å². The molecule has 3 rings (SSSR count). The fourth-order valence-corrected chi connectivity index (χ4v) is 4.57. The van der Waals surface area contributed by atoms with Crippen molar-refractivity contribution in [1.82, 2.24) is 0 Å². The van der Waals surface area contributed by atoms with Crippen molar-refractivity contribution in [3.63, 3.8) is 0 Å². The molecule has 0 aromatic heterocycles. The summed E-state index contributed by atoms with van der Waals surface area (Å²) in [6.45, 7) is 4.55. The van der Waals surface area contributed by atoms with Crippen LogP contribution in [0, 0.1) is 23.7 Å². The van der Waals surface area contributed by atoms with Crippen molar-refractivity contribution in [3.05, 3.63) is 35.4 Å². The second-order valence-electron chi connectivity index (χ2n) is 6.54. The summed E-state index contributed by atoms with van der Waals surface area (Å²) < 4.78 is 0. The van der Waals surface area contributed by atoms with Gasteiger partial charge in [-0.2, -0.15) is 0 Å². The maximum atomic E-state index is 6.74. The van der Waals surface area contributed by atoms with E-state index in [1.165, 1.54) is 25.7 Å². The molecule has 3 unspecified atom stereocenters. The summed E-state index contributed by atoms with van der Waals surface area (Å²) in [6.07, 6.45) is 5.29. The molecule has 0 nitrogen and oxygen atoms in total. The molecule has 2 aliphatic carbocycles. The summed E-state index contributed by atoms with van der Waals surface area (Å²) in [7, 11) is 0. The fraction of sp³-hybridized carbons (Fsp3) is 0.647. The summed E-state index contributed by atoms with van der Waals surface area (Å²) in [6, 6.07) is 9.03. The van der Waals surface area contributed by atoms with Crippen LogP contribution in [-0.2, 0) is 12.8 Å². The van der Waals surface area contributed by atoms with E-state index in [9.17, 15) is 0 Å². The van der Waals surface area contributed by atoms with Gasteiger partial charge >= 0.3 is 0 Å². The van der Waals surface area contributed by atoms with E-state index in [1.807, 2.05) is 0 Å². The molecule has 2 bridgehead atoms. The summed E-state index contributed by atoms with van der Waals surface area (Å²) in [4.78, 5) is 0. The van der Waals surface area contributed by atoms with Gasteiger partial charge in [0.15, 0.2) is 0 Å². The lowest BCUT2D eigenvalue weighted by atomic mass is 9.81. The van der Waals surface area contributed by atoms with Gasteiger partial charge < -0.3 is 0 Å². The van der Waals surface area contributed by atoms with Crippen molar-refractivity contribution < 1.29 is 0 Å². The Balaban J connectivity index is 1.91. The molecule has 0 radical (unpaired) electrons. The van der Waals surface area contributed by atoms with Gasteiger partial charge in [0.25, 0.3) is 0 Å². The second-order valence-corrected chi connectivity index (χ2v) is 7.04. The summed E-state index contributed by atoms with van der Waals surface area (Å²) in [5.41, 5.74) is 3.17. The number of fused-ring (bicyclic) bond motifs is 3. The van der Waals surface area contributed by atoms with Gasteiger partial charge in [-0.05, 0) is 60.5 Å². The van der Waals surface area contributed by atoms with E-state index in [0.717, 1.165) is 17.8 Å². The van der Waals surface area contributed by atoms with Crippen LogP contribution < -0.4 is 0 Å². The van der Waals surface area contributed by atoms with E-state index in [2.05, 4.69) is 38.1 Å². The van der Waals surface area contributed by atoms with E-state index >= 15 is 0 Å². The van der Waals surface area contributed by atoms with E-state index in [1.54, 1.807) is 11.1 Å². The maximum Gasteiger partial charge on any atom is 0.0392 e. The molecule has 98 valence electrons. The average molecular weight is 263 g/mol. The standard InChI is InChI=1S/C17H23Cl/c1-11(2)17(18)16-14-7-8-15(16)10-13-6-4-3-5-12(13)9-14/h3-6,11,14-17H,7-10H2,1-2H3. The molecule has 0 heterocycles. The highest BCUT2D eigenvalue weighted by Crippen LogP contribution is 2.48. The Labute approximate surface area is 116 Å². The van der Waals surface area contributed by atoms with Crippen LogP contribution in [-0.4, -0.2) is 5.38 Å². The minimum atomic E-state index is 0.358. The molecular weight excluding hydrogens is 240 g/mol. The van der Waals surface area contributed by atoms with Crippen molar-refractivity contribution in [2.45, 2.75) is 44.9 Å². The van der Waals surface area contributed by atoms with Crippen molar-refractivity contribution in [3.8, 4) is 0 Å². The number of alkyl halides is 1. The lowest BCUT2D eigenvalue weighted by Crippen LogP contribution is -2.29. The lowest BCUT2D eigenvalue weighted by molar-refractivity contribution is 0.272.